The van der Waals surface area contributed by atoms with E-state index in [0.29, 0.717) is 27.0 Å². The van der Waals surface area contributed by atoms with Gasteiger partial charge in [0.1, 0.15) is 0 Å². The first kappa shape index (κ1) is 19.9. The molecule has 0 bridgehead atoms. The summed E-state index contributed by atoms with van der Waals surface area (Å²) in [5, 5.41) is 12.6. The highest BCUT2D eigenvalue weighted by Gasteiger charge is 2.17. The molecule has 0 radical (unpaired) electrons. The van der Waals surface area contributed by atoms with Crippen molar-refractivity contribution in [2.75, 3.05) is 0 Å². The van der Waals surface area contributed by atoms with Gasteiger partial charge in [-0.1, -0.05) is 59.6 Å². The van der Waals surface area contributed by atoms with Crippen molar-refractivity contribution < 1.29 is 5.11 Å². The number of halogens is 1. The molecule has 30 heavy (non-hydrogen) atoms. The second-order valence-corrected chi connectivity index (χ2v) is 7.79. The molecule has 0 saturated heterocycles. The van der Waals surface area contributed by atoms with Crippen molar-refractivity contribution in [3.63, 3.8) is 0 Å². The molecular formula is C25H21ClN2O2. The van der Waals surface area contributed by atoms with E-state index in [-0.39, 0.29) is 11.4 Å². The summed E-state index contributed by atoms with van der Waals surface area (Å²) in [5.74, 6) is -0.196. The molecule has 0 unspecified atom stereocenters. The van der Waals surface area contributed by atoms with E-state index in [1.807, 2.05) is 32.9 Å². The Balaban J connectivity index is 2.01. The zero-order valence-electron chi connectivity index (χ0n) is 17.0. The molecule has 4 rings (SSSR count). The van der Waals surface area contributed by atoms with Crippen molar-refractivity contribution in [2.45, 2.75) is 20.8 Å². The molecule has 3 aromatic carbocycles. The lowest BCUT2D eigenvalue weighted by Crippen LogP contribution is -2.20. The fraction of sp³-hybridized carbons (Fsp3) is 0.120. The van der Waals surface area contributed by atoms with Crippen LogP contribution in [0.1, 0.15) is 22.3 Å². The highest BCUT2D eigenvalue weighted by molar-refractivity contribution is 6.32. The number of aromatic hydroxyl groups is 1. The van der Waals surface area contributed by atoms with Gasteiger partial charge in [0.15, 0.2) is 0 Å². The highest BCUT2D eigenvalue weighted by Crippen LogP contribution is 2.30. The van der Waals surface area contributed by atoms with Crippen LogP contribution in [0, 0.1) is 20.8 Å². The van der Waals surface area contributed by atoms with Crippen molar-refractivity contribution in [3.05, 3.63) is 98.3 Å². The number of aromatic nitrogens is 1. The van der Waals surface area contributed by atoms with Crippen LogP contribution in [0.5, 0.6) is 5.88 Å². The Morgan fingerprint density at radius 1 is 0.933 bits per heavy atom. The number of aliphatic imine (C=N–C) groups is 1. The van der Waals surface area contributed by atoms with Crippen molar-refractivity contribution in [2.24, 2.45) is 4.99 Å². The van der Waals surface area contributed by atoms with E-state index < -0.39 is 0 Å². The van der Waals surface area contributed by atoms with Gasteiger partial charge < -0.3 is 5.11 Å². The van der Waals surface area contributed by atoms with Crippen LogP contribution in [0.25, 0.3) is 16.5 Å². The second-order valence-electron chi connectivity index (χ2n) is 7.38. The molecule has 0 saturated carbocycles. The van der Waals surface area contributed by atoms with Gasteiger partial charge in [-0.3, -0.25) is 9.79 Å². The molecule has 1 aromatic heterocycles. The van der Waals surface area contributed by atoms with E-state index in [4.69, 9.17) is 11.6 Å². The van der Waals surface area contributed by atoms with Crippen LogP contribution in [0.3, 0.4) is 0 Å². The number of hydrogen-bond acceptors (Lipinski definition) is 3. The van der Waals surface area contributed by atoms with Crippen LogP contribution in [-0.2, 0) is 0 Å². The Labute approximate surface area is 179 Å². The largest absolute Gasteiger partial charge is 0.494 e. The van der Waals surface area contributed by atoms with Crippen molar-refractivity contribution in [3.8, 4) is 11.6 Å². The topological polar surface area (TPSA) is 54.6 Å². The number of aryl methyl sites for hydroxylation is 3. The summed E-state index contributed by atoms with van der Waals surface area (Å²) in [4.78, 5) is 17.9. The van der Waals surface area contributed by atoms with E-state index in [9.17, 15) is 9.90 Å². The fourth-order valence-electron chi connectivity index (χ4n) is 3.85. The lowest BCUT2D eigenvalue weighted by Gasteiger charge is -2.15. The standard InChI is InChI=1S/C25H21ClN2O2/c1-15-12-16(2)23(17(3)13-15)27-14-20-18-8-4-5-9-19(18)24(29)28(25(20)30)22-11-7-6-10-21(22)26/h4-14,30H,1-3H3. The minimum Gasteiger partial charge on any atom is -0.494 e. The third-order valence-electron chi connectivity index (χ3n) is 5.15. The number of nitrogens with zero attached hydrogens (tertiary/aromatic N) is 2. The Bertz CT molecular complexity index is 1350. The van der Waals surface area contributed by atoms with Gasteiger partial charge in [-0.2, -0.15) is 0 Å². The monoisotopic (exact) mass is 416 g/mol. The molecule has 150 valence electrons. The summed E-state index contributed by atoms with van der Waals surface area (Å²) in [6, 6.07) is 18.3. The molecule has 0 aliphatic heterocycles. The Hall–Kier alpha value is -3.37. The van der Waals surface area contributed by atoms with Crippen LogP contribution in [0.15, 0.2) is 70.5 Å². The summed E-state index contributed by atoms with van der Waals surface area (Å²) in [5.41, 5.74) is 4.66. The molecule has 1 heterocycles. The lowest BCUT2D eigenvalue weighted by atomic mass is 10.0. The van der Waals surface area contributed by atoms with E-state index >= 15 is 0 Å². The number of rotatable bonds is 3. The summed E-state index contributed by atoms with van der Waals surface area (Å²) in [6.45, 7) is 6.07. The zero-order chi connectivity index (χ0) is 21.4. The van der Waals surface area contributed by atoms with E-state index in [1.165, 1.54) is 10.1 Å². The predicted molar refractivity (Wildman–Crippen MR) is 124 cm³/mol. The SMILES string of the molecule is Cc1cc(C)c(N=Cc2c(O)n(-c3ccccc3Cl)c(=O)c3ccccc23)c(C)c1. The smallest absolute Gasteiger partial charge is 0.265 e. The van der Waals surface area contributed by atoms with Gasteiger partial charge in [0, 0.05) is 17.0 Å². The highest BCUT2D eigenvalue weighted by atomic mass is 35.5. The molecule has 0 atom stereocenters. The molecular weight excluding hydrogens is 396 g/mol. The van der Waals surface area contributed by atoms with Gasteiger partial charge in [0.05, 0.1) is 22.0 Å². The van der Waals surface area contributed by atoms with Gasteiger partial charge in [-0.15, -0.1) is 0 Å². The van der Waals surface area contributed by atoms with Gasteiger partial charge in [-0.05, 0) is 50.1 Å². The third kappa shape index (κ3) is 3.40. The Morgan fingerprint density at radius 2 is 1.53 bits per heavy atom. The first-order valence-corrected chi connectivity index (χ1v) is 10.00. The maximum absolute atomic E-state index is 13.2. The average molecular weight is 417 g/mol. The minimum absolute atomic E-state index is 0.196. The number of para-hydroxylation sites is 1. The number of benzene rings is 3. The molecule has 0 aliphatic carbocycles. The zero-order valence-corrected chi connectivity index (χ0v) is 17.7. The summed E-state index contributed by atoms with van der Waals surface area (Å²) in [7, 11) is 0. The van der Waals surface area contributed by atoms with E-state index in [2.05, 4.69) is 17.1 Å². The van der Waals surface area contributed by atoms with Crippen LogP contribution < -0.4 is 5.56 Å². The van der Waals surface area contributed by atoms with Crippen LogP contribution in [0.4, 0.5) is 5.69 Å². The molecule has 0 fully saturated rings. The third-order valence-corrected chi connectivity index (χ3v) is 5.47. The van der Waals surface area contributed by atoms with Gasteiger partial charge >= 0.3 is 0 Å². The first-order valence-electron chi connectivity index (χ1n) is 9.62. The quantitative estimate of drug-likeness (QED) is 0.415. The van der Waals surface area contributed by atoms with E-state index in [0.717, 1.165) is 16.8 Å². The Kier molecular flexibility index (Phi) is 5.18. The molecule has 4 nitrogen and oxygen atoms in total. The van der Waals surface area contributed by atoms with Crippen molar-refractivity contribution in [1.29, 1.82) is 0 Å². The molecule has 0 amide bonds. The maximum Gasteiger partial charge on any atom is 0.265 e. The molecule has 0 spiro atoms. The summed E-state index contributed by atoms with van der Waals surface area (Å²) in [6.07, 6.45) is 1.62. The molecule has 4 aromatic rings. The fourth-order valence-corrected chi connectivity index (χ4v) is 4.07. The number of fused-ring (bicyclic) bond motifs is 1. The molecule has 5 heteroatoms. The number of pyridine rings is 1. The van der Waals surface area contributed by atoms with Crippen LogP contribution in [-0.4, -0.2) is 15.9 Å². The Morgan fingerprint density at radius 3 is 2.20 bits per heavy atom. The number of hydrogen-bond donors (Lipinski definition) is 1. The van der Waals surface area contributed by atoms with E-state index in [1.54, 1.807) is 42.6 Å². The summed E-state index contributed by atoms with van der Waals surface area (Å²) < 4.78 is 1.24. The van der Waals surface area contributed by atoms with Crippen molar-refractivity contribution >= 4 is 34.3 Å². The van der Waals surface area contributed by atoms with Crippen LogP contribution in [0.2, 0.25) is 5.02 Å². The second kappa shape index (κ2) is 7.81. The molecule has 1 N–H and O–H groups in total. The van der Waals surface area contributed by atoms with Gasteiger partial charge in [-0.25, -0.2) is 4.57 Å². The summed E-state index contributed by atoms with van der Waals surface area (Å²) >= 11 is 6.33. The molecule has 0 aliphatic rings. The average Bonchev–Trinajstić information content (AvgIpc) is 2.71. The van der Waals surface area contributed by atoms with Gasteiger partial charge in [0.25, 0.3) is 5.56 Å². The maximum atomic E-state index is 13.2. The van der Waals surface area contributed by atoms with Crippen LogP contribution >= 0.6 is 11.6 Å². The van der Waals surface area contributed by atoms with Crippen molar-refractivity contribution in [1.82, 2.24) is 4.57 Å². The minimum atomic E-state index is -0.337. The van der Waals surface area contributed by atoms with Gasteiger partial charge in [0.2, 0.25) is 5.88 Å². The normalized spacial score (nSPS) is 11.5. The first-order chi connectivity index (χ1) is 14.4. The lowest BCUT2D eigenvalue weighted by molar-refractivity contribution is 0.436. The predicted octanol–water partition coefficient (Wildman–Crippen LogP) is 6.03.